The van der Waals surface area contributed by atoms with Crippen molar-refractivity contribution >= 4 is 67.4 Å². The molecule has 0 bridgehead atoms. The molecular formula is C61H84F3N5O9Si2. The van der Waals surface area contributed by atoms with E-state index >= 15 is 0 Å². The number of hydrogen-bond donors (Lipinski definition) is 3. The second kappa shape index (κ2) is 27.4. The Morgan fingerprint density at radius 1 is 0.662 bits per heavy atom. The van der Waals surface area contributed by atoms with E-state index in [0.717, 1.165) is 4.57 Å². The number of alkyl carbamates (subject to hydrolysis) is 1. The van der Waals surface area contributed by atoms with Crippen molar-refractivity contribution in [2.45, 2.75) is 143 Å². The highest BCUT2D eigenvalue weighted by atomic mass is 28.4. The highest BCUT2D eigenvalue weighted by molar-refractivity contribution is 6.99. The van der Waals surface area contributed by atoms with Gasteiger partial charge < -0.3 is 48.3 Å². The smallest absolute Gasteiger partial charge is 0.415 e. The first kappa shape index (κ1) is 64.5. The molecule has 3 amide bonds. The van der Waals surface area contributed by atoms with Crippen LogP contribution >= 0.6 is 0 Å². The monoisotopic (exact) mass is 1140 g/mol. The van der Waals surface area contributed by atoms with Crippen LogP contribution in [-0.2, 0) is 34.7 Å². The molecule has 4 aromatic carbocycles. The first-order valence-electron chi connectivity index (χ1n) is 27.2. The number of carbonyl (C=O) groups is 3. The Balaban J connectivity index is 1.30. The van der Waals surface area contributed by atoms with E-state index in [2.05, 4.69) is 107 Å². The van der Waals surface area contributed by atoms with E-state index in [9.17, 15) is 27.6 Å². The normalized spacial score (nSPS) is 13.0. The van der Waals surface area contributed by atoms with Crippen molar-refractivity contribution in [2.75, 3.05) is 62.9 Å². The summed E-state index contributed by atoms with van der Waals surface area (Å²) < 4.78 is 80.6. The Kier molecular flexibility index (Phi) is 22.1. The molecular weight excluding hydrogens is 1060 g/mol. The number of hydrogen-bond acceptors (Lipinski definition) is 10. The SMILES string of the molecule is CC(C)(C)OC(=O)NCC[C@H](Nc1cccc2c1cc(C#CCN(C(=O)OC(C)(C)C)c1cccc(O[Si](C)(C)C(C)(C)C)c1)n2CC(F)(F)F)C(=O)NCCOCCOCCO[Si](c1ccccc1)(c1ccccc1)C(C)(C)C. The minimum atomic E-state index is -4.64. The van der Waals surface area contributed by atoms with Crippen LogP contribution in [0, 0.1) is 11.8 Å². The molecule has 0 aliphatic heterocycles. The minimum absolute atomic E-state index is 0.0196. The number of fused-ring (bicyclic) bond motifs is 1. The minimum Gasteiger partial charge on any atom is -0.543 e. The van der Waals surface area contributed by atoms with E-state index in [-0.39, 0.29) is 60.6 Å². The van der Waals surface area contributed by atoms with E-state index in [0.29, 0.717) is 42.3 Å². The molecule has 19 heteroatoms. The van der Waals surface area contributed by atoms with Crippen LogP contribution in [0.3, 0.4) is 0 Å². The Morgan fingerprint density at radius 2 is 1.25 bits per heavy atom. The first-order valence-corrected chi connectivity index (χ1v) is 32.0. The van der Waals surface area contributed by atoms with E-state index in [4.69, 9.17) is 27.8 Å². The van der Waals surface area contributed by atoms with E-state index in [1.165, 1.54) is 21.3 Å². The maximum atomic E-state index is 14.4. The van der Waals surface area contributed by atoms with Crippen molar-refractivity contribution in [3.05, 3.63) is 115 Å². The van der Waals surface area contributed by atoms with Crippen LogP contribution in [0.1, 0.15) is 95.2 Å². The summed E-state index contributed by atoms with van der Waals surface area (Å²) in [7, 11) is -4.99. The summed E-state index contributed by atoms with van der Waals surface area (Å²) in [6, 6.07) is 33.1. The third kappa shape index (κ3) is 18.9. The van der Waals surface area contributed by atoms with Crippen molar-refractivity contribution < 1.29 is 55.4 Å². The molecule has 3 N–H and O–H groups in total. The fourth-order valence-corrected chi connectivity index (χ4v) is 14.2. The number of rotatable bonds is 23. The van der Waals surface area contributed by atoms with Crippen LogP contribution in [0.15, 0.2) is 109 Å². The summed E-state index contributed by atoms with van der Waals surface area (Å²) >= 11 is 0. The molecule has 0 radical (unpaired) electrons. The molecule has 14 nitrogen and oxygen atoms in total. The van der Waals surface area contributed by atoms with Crippen LogP contribution in [0.25, 0.3) is 10.9 Å². The highest BCUT2D eigenvalue weighted by Gasteiger charge is 2.50. The number of nitrogens with one attached hydrogen (secondary N) is 3. The number of anilines is 2. The molecule has 80 heavy (non-hydrogen) atoms. The van der Waals surface area contributed by atoms with Crippen molar-refractivity contribution in [3.8, 4) is 17.6 Å². The summed E-state index contributed by atoms with van der Waals surface area (Å²) in [5.74, 6) is 5.98. The number of alkyl halides is 3. The van der Waals surface area contributed by atoms with Gasteiger partial charge in [-0.25, -0.2) is 9.59 Å². The standard InChI is InChI=1S/C61H84F3N5O9Si2/c1-57(2,3)76-55(71)66-34-33-52(54(70)65-35-37-73-38-39-74-40-41-75-80(60(10,11)12,48-27-17-15-18-28-48)49-29-19-16-20-30-49)67-51-31-22-32-53-50(51)43-46(69(53)44-61(62,63)64)25-23-36-68(56(72)77-58(4,5)6)45-24-21-26-47(42-45)78-79(13,14)59(7,8)9/h15-22,24,26-32,42-43,52,67H,33-41,44H2,1-14H3,(H,65,70)(H,66,71)/t52-/m0/s1. The summed E-state index contributed by atoms with van der Waals surface area (Å²) in [6.07, 6.45) is -5.93. The molecule has 0 aliphatic rings. The van der Waals surface area contributed by atoms with Gasteiger partial charge in [0, 0.05) is 30.2 Å². The quantitative estimate of drug-likeness (QED) is 0.0328. The van der Waals surface area contributed by atoms with Gasteiger partial charge in [0.2, 0.25) is 14.2 Å². The number of amides is 3. The van der Waals surface area contributed by atoms with E-state index in [1.54, 1.807) is 77.9 Å². The maximum absolute atomic E-state index is 14.4. The number of aromatic nitrogens is 1. The largest absolute Gasteiger partial charge is 0.543 e. The lowest BCUT2D eigenvalue weighted by molar-refractivity contribution is -0.140. The second-order valence-electron chi connectivity index (χ2n) is 24.1. The van der Waals surface area contributed by atoms with Crippen LogP contribution in [0.5, 0.6) is 5.75 Å². The summed E-state index contributed by atoms with van der Waals surface area (Å²) in [5, 5.41) is 11.3. The van der Waals surface area contributed by atoms with Crippen LogP contribution in [0.2, 0.25) is 23.2 Å². The van der Waals surface area contributed by atoms with E-state index in [1.807, 2.05) is 42.5 Å². The van der Waals surface area contributed by atoms with Crippen LogP contribution < -0.4 is 35.6 Å². The Labute approximate surface area is 474 Å². The molecule has 0 aliphatic carbocycles. The molecule has 0 saturated heterocycles. The second-order valence-corrected chi connectivity index (χ2v) is 33.2. The molecule has 436 valence electrons. The predicted molar refractivity (Wildman–Crippen MR) is 317 cm³/mol. The number of halogens is 3. The molecule has 0 saturated carbocycles. The average Bonchev–Trinajstić information content (AvgIpc) is 3.68. The molecule has 1 atom stereocenters. The molecule has 5 rings (SSSR count). The molecule has 1 aromatic heterocycles. The molecule has 1 heterocycles. The fourth-order valence-electron chi connectivity index (χ4n) is 8.61. The topological polar surface area (TPSA) is 151 Å². The van der Waals surface area contributed by atoms with Gasteiger partial charge in [0.1, 0.15) is 29.5 Å². The zero-order valence-corrected chi connectivity index (χ0v) is 51.2. The van der Waals surface area contributed by atoms with Gasteiger partial charge in [0.15, 0.2) is 0 Å². The number of benzene rings is 4. The Hall–Kier alpha value is -6.31. The van der Waals surface area contributed by atoms with Gasteiger partial charge in [-0.1, -0.05) is 120 Å². The number of carbonyl (C=O) groups excluding carboxylic acids is 3. The van der Waals surface area contributed by atoms with Gasteiger partial charge >= 0.3 is 18.4 Å². The molecule has 5 aromatic rings. The van der Waals surface area contributed by atoms with Crippen LogP contribution in [-0.4, -0.2) is 115 Å². The molecule has 0 spiro atoms. The van der Waals surface area contributed by atoms with Gasteiger partial charge in [0.25, 0.3) is 8.32 Å². The van der Waals surface area contributed by atoms with Crippen molar-refractivity contribution in [3.63, 3.8) is 0 Å². The lowest BCUT2D eigenvalue weighted by Crippen LogP contribution is -2.66. The summed E-state index contributed by atoms with van der Waals surface area (Å²) in [6.45, 7) is 27.7. The van der Waals surface area contributed by atoms with Gasteiger partial charge in [-0.2, -0.15) is 13.2 Å². The van der Waals surface area contributed by atoms with Crippen molar-refractivity contribution in [1.29, 1.82) is 0 Å². The summed E-state index contributed by atoms with van der Waals surface area (Å²) in [5.41, 5.74) is -0.622. The molecule has 0 fully saturated rings. The number of ether oxygens (including phenoxy) is 4. The van der Waals surface area contributed by atoms with Gasteiger partial charge in [-0.05, 0) is 118 Å². The molecule has 0 unspecified atom stereocenters. The third-order valence-corrected chi connectivity index (χ3v) is 22.7. The zero-order valence-electron chi connectivity index (χ0n) is 49.2. The average molecular weight is 1140 g/mol. The Morgan fingerprint density at radius 3 is 1.82 bits per heavy atom. The van der Waals surface area contributed by atoms with Gasteiger partial charge in [0.05, 0.1) is 56.5 Å². The maximum Gasteiger partial charge on any atom is 0.415 e. The lowest BCUT2D eigenvalue weighted by atomic mass is 10.1. The lowest BCUT2D eigenvalue weighted by Gasteiger charge is -2.43. The summed E-state index contributed by atoms with van der Waals surface area (Å²) in [4.78, 5) is 41.7. The zero-order chi connectivity index (χ0) is 59.2. The number of nitrogens with zero attached hydrogens (tertiary/aromatic N) is 2. The predicted octanol–water partition coefficient (Wildman–Crippen LogP) is 11.8. The third-order valence-electron chi connectivity index (χ3n) is 13.3. The van der Waals surface area contributed by atoms with Gasteiger partial charge in [-0.15, -0.1) is 0 Å². The van der Waals surface area contributed by atoms with E-state index < -0.39 is 64.7 Å². The first-order chi connectivity index (χ1) is 37.3. The van der Waals surface area contributed by atoms with Crippen LogP contribution in [0.4, 0.5) is 34.1 Å². The van der Waals surface area contributed by atoms with Crippen molar-refractivity contribution in [2.24, 2.45) is 0 Å². The Bertz CT molecular complexity index is 2840. The highest BCUT2D eigenvalue weighted by Crippen LogP contribution is 2.39. The van der Waals surface area contributed by atoms with Gasteiger partial charge in [-0.3, -0.25) is 9.69 Å². The fraction of sp³-hybridized carbons (Fsp3) is 0.492. The van der Waals surface area contributed by atoms with Crippen molar-refractivity contribution in [1.82, 2.24) is 15.2 Å².